The van der Waals surface area contributed by atoms with Crippen molar-refractivity contribution in [3.8, 4) is 0 Å². The van der Waals surface area contributed by atoms with Crippen molar-refractivity contribution in [3.05, 3.63) is 90.2 Å². The van der Waals surface area contributed by atoms with E-state index < -0.39 is 11.9 Å². The first kappa shape index (κ1) is 25.2. The van der Waals surface area contributed by atoms with Gasteiger partial charge in [-0.1, -0.05) is 62.9 Å². The number of carboxylic acids is 2. The minimum Gasteiger partial charge on any atom is -0.478 e. The lowest BCUT2D eigenvalue weighted by Gasteiger charge is -2.05. The normalized spacial score (nSPS) is 12.1. The van der Waals surface area contributed by atoms with Crippen molar-refractivity contribution < 1.29 is 19.8 Å². The number of rotatable bonds is 9. The molecule has 1 heterocycles. The number of aliphatic imine (C=N–C) groups is 1. The fourth-order valence-corrected chi connectivity index (χ4v) is 2.54. The highest BCUT2D eigenvalue weighted by Crippen LogP contribution is 2.19. The van der Waals surface area contributed by atoms with Crippen LogP contribution in [0.5, 0.6) is 0 Å². The van der Waals surface area contributed by atoms with Crippen LogP contribution in [0.25, 0.3) is 10.9 Å². The van der Waals surface area contributed by atoms with E-state index in [2.05, 4.69) is 16.6 Å². The number of hydrogen-bond acceptors (Lipinski definition) is 4. The number of benzene rings is 1. The highest BCUT2D eigenvalue weighted by atomic mass is 16.4. The Balaban J connectivity index is 0.00000233. The average Bonchev–Trinajstić information content (AvgIpc) is 2.77. The smallest absolute Gasteiger partial charge is 0.336 e. The molecule has 0 saturated heterocycles. The Morgan fingerprint density at radius 1 is 1.16 bits per heavy atom. The molecule has 6 nitrogen and oxygen atoms in total. The fraction of sp³-hybridized carbons (Fsp3) is 0.200. The summed E-state index contributed by atoms with van der Waals surface area (Å²) in [5.41, 5.74) is 2.34. The van der Waals surface area contributed by atoms with Crippen LogP contribution in [0.2, 0.25) is 0 Å². The summed E-state index contributed by atoms with van der Waals surface area (Å²) in [7, 11) is 0. The molecular weight excluding hydrogens is 392 g/mol. The summed E-state index contributed by atoms with van der Waals surface area (Å²) in [5, 5.41) is 18.9. The van der Waals surface area contributed by atoms with Gasteiger partial charge >= 0.3 is 11.9 Å². The Hall–Kier alpha value is -3.80. The SMILES string of the molecule is C=C/C(=C/C=C\C/C=C\C(C)=NCc1cc(C(=O)O)c2ccccc2n1)C(=O)O.CC. The molecule has 0 radical (unpaired) electrons. The van der Waals surface area contributed by atoms with Gasteiger partial charge in [0.05, 0.1) is 28.9 Å². The minimum atomic E-state index is -1.02. The summed E-state index contributed by atoms with van der Waals surface area (Å²) < 4.78 is 0. The van der Waals surface area contributed by atoms with Gasteiger partial charge in [-0.3, -0.25) is 9.98 Å². The molecule has 2 aromatic rings. The van der Waals surface area contributed by atoms with E-state index in [9.17, 15) is 14.7 Å². The van der Waals surface area contributed by atoms with Crippen molar-refractivity contribution in [2.45, 2.75) is 33.7 Å². The van der Waals surface area contributed by atoms with Crippen LogP contribution in [-0.2, 0) is 11.3 Å². The lowest BCUT2D eigenvalue weighted by atomic mass is 10.1. The maximum Gasteiger partial charge on any atom is 0.336 e. The molecule has 1 aromatic heterocycles. The molecule has 6 heteroatoms. The summed E-state index contributed by atoms with van der Waals surface area (Å²) in [6, 6.07) is 8.68. The van der Waals surface area contributed by atoms with E-state index in [4.69, 9.17) is 5.11 Å². The first-order chi connectivity index (χ1) is 14.9. The van der Waals surface area contributed by atoms with Crippen molar-refractivity contribution in [2.75, 3.05) is 0 Å². The largest absolute Gasteiger partial charge is 0.478 e. The molecule has 162 valence electrons. The first-order valence-corrected chi connectivity index (χ1v) is 9.94. The first-order valence-electron chi connectivity index (χ1n) is 9.94. The molecule has 0 spiro atoms. The summed E-state index contributed by atoms with van der Waals surface area (Å²) in [6.45, 7) is 9.57. The Labute approximate surface area is 182 Å². The van der Waals surface area contributed by atoms with Gasteiger partial charge in [0.15, 0.2) is 0 Å². The average molecular weight is 421 g/mol. The van der Waals surface area contributed by atoms with E-state index in [0.717, 1.165) is 5.71 Å². The van der Waals surface area contributed by atoms with Gasteiger partial charge in [0.25, 0.3) is 0 Å². The number of nitrogens with zero attached hydrogens (tertiary/aromatic N) is 2. The van der Waals surface area contributed by atoms with Crippen molar-refractivity contribution >= 4 is 28.6 Å². The number of aromatic nitrogens is 1. The van der Waals surface area contributed by atoms with Gasteiger partial charge in [0, 0.05) is 11.1 Å². The summed E-state index contributed by atoms with van der Waals surface area (Å²) in [4.78, 5) is 31.2. The molecule has 2 N–H and O–H groups in total. The van der Waals surface area contributed by atoms with Gasteiger partial charge < -0.3 is 10.2 Å². The molecule has 0 atom stereocenters. The molecule has 0 bridgehead atoms. The van der Waals surface area contributed by atoms with Crippen LogP contribution < -0.4 is 0 Å². The maximum absolute atomic E-state index is 11.5. The number of allylic oxidation sites excluding steroid dienone is 5. The van der Waals surface area contributed by atoms with Crippen molar-refractivity contribution in [1.82, 2.24) is 4.98 Å². The third kappa shape index (κ3) is 8.22. The van der Waals surface area contributed by atoms with Crippen LogP contribution in [0.15, 0.2) is 83.9 Å². The maximum atomic E-state index is 11.5. The number of carbonyl (C=O) groups is 2. The van der Waals surface area contributed by atoms with Crippen LogP contribution in [0, 0.1) is 0 Å². The highest BCUT2D eigenvalue weighted by molar-refractivity contribution is 6.02. The molecule has 0 aliphatic heterocycles. The van der Waals surface area contributed by atoms with Crippen LogP contribution >= 0.6 is 0 Å². The van der Waals surface area contributed by atoms with Gasteiger partial charge in [-0.2, -0.15) is 0 Å². The molecule has 0 unspecified atom stereocenters. The number of para-hydroxylation sites is 1. The van der Waals surface area contributed by atoms with Gasteiger partial charge in [-0.15, -0.1) is 0 Å². The van der Waals surface area contributed by atoms with Gasteiger partial charge in [0.1, 0.15) is 0 Å². The standard InChI is InChI=1S/C23H22N2O4.C2H6/c1-3-17(22(26)27)11-7-5-4-6-10-16(2)24-15-18-14-20(23(28)29)19-12-8-9-13-21(19)25-18;1-2/h3,5-14H,1,4,15H2,2H3,(H,26,27)(H,28,29);1-2H3/b7-5-,10-6-,17-11-,24-16?;. The molecule has 31 heavy (non-hydrogen) atoms. The van der Waals surface area contributed by atoms with E-state index in [1.165, 1.54) is 12.2 Å². The molecule has 2 rings (SSSR count). The summed E-state index contributed by atoms with van der Waals surface area (Å²) >= 11 is 0. The lowest BCUT2D eigenvalue weighted by molar-refractivity contribution is -0.132. The van der Waals surface area contributed by atoms with Gasteiger partial charge in [-0.05, 0) is 37.6 Å². The third-order valence-corrected chi connectivity index (χ3v) is 4.00. The van der Waals surface area contributed by atoms with Crippen LogP contribution in [-0.4, -0.2) is 32.8 Å². The van der Waals surface area contributed by atoms with Crippen molar-refractivity contribution in [2.24, 2.45) is 4.99 Å². The number of aromatic carboxylic acids is 1. The number of fused-ring (bicyclic) bond motifs is 1. The van der Waals surface area contributed by atoms with E-state index in [-0.39, 0.29) is 17.7 Å². The summed E-state index contributed by atoms with van der Waals surface area (Å²) in [6.07, 6.45) is 10.6. The molecule has 0 aliphatic rings. The molecule has 0 fully saturated rings. The molecular formula is C25H28N2O4. The van der Waals surface area contributed by atoms with Crippen molar-refractivity contribution in [1.29, 1.82) is 0 Å². The minimum absolute atomic E-state index is 0.131. The quantitative estimate of drug-likeness (QED) is 0.312. The zero-order valence-corrected chi connectivity index (χ0v) is 18.1. The second-order valence-corrected chi connectivity index (χ2v) is 6.14. The van der Waals surface area contributed by atoms with Gasteiger partial charge in [0.2, 0.25) is 0 Å². The monoisotopic (exact) mass is 420 g/mol. The number of hydrogen-bond donors (Lipinski definition) is 2. The Morgan fingerprint density at radius 2 is 1.87 bits per heavy atom. The zero-order chi connectivity index (χ0) is 23.2. The van der Waals surface area contributed by atoms with Crippen LogP contribution in [0.4, 0.5) is 0 Å². The number of aliphatic carboxylic acids is 1. The Kier molecular flexibility index (Phi) is 10.9. The zero-order valence-electron chi connectivity index (χ0n) is 18.1. The highest BCUT2D eigenvalue weighted by Gasteiger charge is 2.11. The van der Waals surface area contributed by atoms with Crippen LogP contribution in [0.3, 0.4) is 0 Å². The fourth-order valence-electron chi connectivity index (χ4n) is 2.54. The second-order valence-electron chi connectivity index (χ2n) is 6.14. The van der Waals surface area contributed by atoms with E-state index in [1.807, 2.05) is 45.1 Å². The summed E-state index contributed by atoms with van der Waals surface area (Å²) in [5.74, 6) is -2.01. The molecule has 0 saturated carbocycles. The molecule has 0 amide bonds. The number of carboxylic acid groups (broad SMARTS) is 2. The van der Waals surface area contributed by atoms with Gasteiger partial charge in [-0.25, -0.2) is 9.59 Å². The lowest BCUT2D eigenvalue weighted by Crippen LogP contribution is -2.02. The Bertz CT molecular complexity index is 1050. The van der Waals surface area contributed by atoms with Crippen molar-refractivity contribution in [3.63, 3.8) is 0 Å². The molecule has 1 aromatic carbocycles. The third-order valence-electron chi connectivity index (χ3n) is 4.00. The van der Waals surface area contributed by atoms with E-state index >= 15 is 0 Å². The second kappa shape index (κ2) is 13.4. The predicted molar refractivity (Wildman–Crippen MR) is 126 cm³/mol. The topological polar surface area (TPSA) is 99.9 Å². The number of pyridine rings is 1. The molecule has 0 aliphatic carbocycles. The van der Waals surface area contributed by atoms with E-state index in [1.54, 1.807) is 30.3 Å². The Morgan fingerprint density at radius 3 is 2.52 bits per heavy atom. The van der Waals surface area contributed by atoms with E-state index in [0.29, 0.717) is 23.0 Å². The van der Waals surface area contributed by atoms with Crippen LogP contribution in [0.1, 0.15) is 43.2 Å². The predicted octanol–water partition coefficient (Wildman–Crippen LogP) is 5.62.